The highest BCUT2D eigenvalue weighted by molar-refractivity contribution is 5.79. The maximum absolute atomic E-state index is 5.62. The molecule has 0 amide bonds. The number of guanidine groups is 1. The highest BCUT2D eigenvalue weighted by Gasteiger charge is 2.17. The van der Waals surface area contributed by atoms with E-state index in [2.05, 4.69) is 31.6 Å². The van der Waals surface area contributed by atoms with E-state index in [4.69, 9.17) is 13.9 Å². The summed E-state index contributed by atoms with van der Waals surface area (Å²) in [6.45, 7) is 7.68. The average Bonchev–Trinajstić information content (AvgIpc) is 3.03. The predicted molar refractivity (Wildman–Crippen MR) is 115 cm³/mol. The number of likely N-dealkylation sites (N-methyl/N-ethyl adjacent to an activating group) is 1. The van der Waals surface area contributed by atoms with Crippen LogP contribution >= 0.6 is 0 Å². The van der Waals surface area contributed by atoms with Crippen LogP contribution in [0.1, 0.15) is 35.9 Å². The third kappa shape index (κ3) is 6.12. The Morgan fingerprint density at radius 1 is 1.17 bits per heavy atom. The molecule has 1 aromatic carbocycles. The van der Waals surface area contributed by atoms with Crippen LogP contribution < -0.4 is 20.1 Å². The number of nitrogens with zero attached hydrogens (tertiary/aromatic N) is 3. The molecule has 0 spiro atoms. The van der Waals surface area contributed by atoms with Crippen LogP contribution in [0.2, 0.25) is 0 Å². The number of aliphatic imine (C=N–C) groups is 1. The Kier molecular flexibility index (Phi) is 8.33. The molecule has 0 radical (unpaired) electrons. The fourth-order valence-electron chi connectivity index (χ4n) is 2.95. The molecule has 0 aliphatic rings. The lowest BCUT2D eigenvalue weighted by Crippen LogP contribution is -2.41. The van der Waals surface area contributed by atoms with Crippen LogP contribution in [0.25, 0.3) is 0 Å². The molecule has 1 aromatic heterocycles. The molecule has 0 aliphatic heterocycles. The van der Waals surface area contributed by atoms with Gasteiger partial charge in [-0.15, -0.1) is 0 Å². The molecule has 160 valence electrons. The number of hydrogen-bond donors (Lipinski definition) is 2. The van der Waals surface area contributed by atoms with Crippen molar-refractivity contribution in [2.75, 3.05) is 41.4 Å². The summed E-state index contributed by atoms with van der Waals surface area (Å²) in [5.74, 6) is 3.59. The standard InChI is InChI=1S/C21H33N5O3/c1-8-22-21(24-13-20-25-14(2)15(3)29-20)23-12-17(26(4)5)16-9-10-18(27-6)19(11-16)28-7/h9-11,17H,8,12-13H2,1-7H3,(H2,22,23,24). The first kappa shape index (κ1) is 22.5. The smallest absolute Gasteiger partial charge is 0.216 e. The van der Waals surface area contributed by atoms with Gasteiger partial charge in [0.1, 0.15) is 12.3 Å². The van der Waals surface area contributed by atoms with Crippen LogP contribution in [-0.4, -0.2) is 57.2 Å². The number of aryl methyl sites for hydroxylation is 2. The zero-order valence-corrected chi connectivity index (χ0v) is 18.5. The van der Waals surface area contributed by atoms with E-state index in [1.54, 1.807) is 14.2 Å². The molecular formula is C21H33N5O3. The van der Waals surface area contributed by atoms with E-state index in [1.165, 1.54) is 0 Å². The molecule has 0 bridgehead atoms. The summed E-state index contributed by atoms with van der Waals surface area (Å²) in [5, 5.41) is 6.68. The van der Waals surface area contributed by atoms with Gasteiger partial charge >= 0.3 is 0 Å². The minimum absolute atomic E-state index is 0.116. The topological polar surface area (TPSA) is 84.2 Å². The minimum atomic E-state index is 0.116. The van der Waals surface area contributed by atoms with Gasteiger partial charge in [0.05, 0.1) is 26.0 Å². The van der Waals surface area contributed by atoms with Crippen LogP contribution in [0.5, 0.6) is 11.5 Å². The number of rotatable bonds is 9. The maximum Gasteiger partial charge on any atom is 0.216 e. The Balaban J connectivity index is 2.12. The highest BCUT2D eigenvalue weighted by atomic mass is 16.5. The molecule has 2 rings (SSSR count). The summed E-state index contributed by atoms with van der Waals surface area (Å²) < 4.78 is 16.4. The number of nitrogens with one attached hydrogen (secondary N) is 2. The van der Waals surface area contributed by atoms with Gasteiger partial charge in [-0.3, -0.25) is 0 Å². The van der Waals surface area contributed by atoms with Gasteiger partial charge < -0.3 is 29.4 Å². The van der Waals surface area contributed by atoms with Crippen LogP contribution in [0.4, 0.5) is 0 Å². The second-order valence-corrected chi connectivity index (χ2v) is 6.92. The van der Waals surface area contributed by atoms with E-state index in [0.717, 1.165) is 23.6 Å². The largest absolute Gasteiger partial charge is 0.493 e. The van der Waals surface area contributed by atoms with Crippen molar-refractivity contribution in [3.05, 3.63) is 41.1 Å². The van der Waals surface area contributed by atoms with E-state index < -0.39 is 0 Å². The number of oxazole rings is 1. The monoisotopic (exact) mass is 403 g/mol. The summed E-state index contributed by atoms with van der Waals surface area (Å²) >= 11 is 0. The Labute approximate surface area is 173 Å². The number of ether oxygens (including phenoxy) is 2. The first-order valence-electron chi connectivity index (χ1n) is 9.73. The molecule has 29 heavy (non-hydrogen) atoms. The number of benzene rings is 1. The summed E-state index contributed by atoms with van der Waals surface area (Å²) in [6.07, 6.45) is 0. The van der Waals surface area contributed by atoms with Gasteiger partial charge in [-0.2, -0.15) is 0 Å². The van der Waals surface area contributed by atoms with Crippen molar-refractivity contribution in [1.82, 2.24) is 20.5 Å². The Morgan fingerprint density at radius 2 is 1.90 bits per heavy atom. The molecule has 0 saturated carbocycles. The summed E-state index contributed by atoms with van der Waals surface area (Å²) in [4.78, 5) is 11.1. The van der Waals surface area contributed by atoms with Crippen molar-refractivity contribution in [2.45, 2.75) is 33.4 Å². The molecule has 8 nitrogen and oxygen atoms in total. The molecule has 0 saturated heterocycles. The first-order chi connectivity index (χ1) is 13.9. The SMILES string of the molecule is CCNC(=NCc1nc(C)c(C)o1)NCC(c1ccc(OC)c(OC)c1)N(C)C. The van der Waals surface area contributed by atoms with Crippen molar-refractivity contribution in [3.63, 3.8) is 0 Å². The normalized spacial score (nSPS) is 12.8. The van der Waals surface area contributed by atoms with Crippen LogP contribution in [0.3, 0.4) is 0 Å². The van der Waals surface area contributed by atoms with E-state index in [9.17, 15) is 0 Å². The molecular weight excluding hydrogens is 370 g/mol. The lowest BCUT2D eigenvalue weighted by atomic mass is 10.1. The van der Waals surface area contributed by atoms with E-state index in [1.807, 2.05) is 47.0 Å². The third-order valence-corrected chi connectivity index (χ3v) is 4.67. The van der Waals surface area contributed by atoms with Gasteiger partial charge in [0.15, 0.2) is 17.5 Å². The second kappa shape index (κ2) is 10.7. The van der Waals surface area contributed by atoms with Crippen molar-refractivity contribution >= 4 is 5.96 Å². The predicted octanol–water partition coefficient (Wildman–Crippen LogP) is 2.67. The van der Waals surface area contributed by atoms with Gasteiger partial charge in [0, 0.05) is 13.1 Å². The Hall–Kier alpha value is -2.74. The maximum atomic E-state index is 5.62. The summed E-state index contributed by atoms with van der Waals surface area (Å²) in [5.41, 5.74) is 2.02. The van der Waals surface area contributed by atoms with E-state index in [-0.39, 0.29) is 6.04 Å². The molecule has 1 heterocycles. The molecule has 0 aliphatic carbocycles. The first-order valence-corrected chi connectivity index (χ1v) is 9.73. The van der Waals surface area contributed by atoms with Gasteiger partial charge in [-0.1, -0.05) is 6.07 Å². The molecule has 8 heteroatoms. The Bertz CT molecular complexity index is 797. The average molecular weight is 404 g/mol. The van der Waals surface area contributed by atoms with E-state index in [0.29, 0.717) is 36.4 Å². The Morgan fingerprint density at radius 3 is 2.45 bits per heavy atom. The van der Waals surface area contributed by atoms with Gasteiger partial charge in [0.2, 0.25) is 5.89 Å². The van der Waals surface area contributed by atoms with Crippen LogP contribution in [0, 0.1) is 13.8 Å². The fraction of sp³-hybridized carbons (Fsp3) is 0.524. The molecule has 2 N–H and O–H groups in total. The van der Waals surface area contributed by atoms with Crippen molar-refractivity contribution in [1.29, 1.82) is 0 Å². The zero-order chi connectivity index (χ0) is 21.4. The molecule has 0 fully saturated rings. The number of aromatic nitrogens is 1. The van der Waals surface area contributed by atoms with Crippen molar-refractivity contribution in [3.8, 4) is 11.5 Å². The van der Waals surface area contributed by atoms with Gasteiger partial charge in [-0.05, 0) is 52.6 Å². The van der Waals surface area contributed by atoms with Gasteiger partial charge in [0.25, 0.3) is 0 Å². The van der Waals surface area contributed by atoms with Gasteiger partial charge in [-0.25, -0.2) is 9.98 Å². The molecule has 1 atom stereocenters. The summed E-state index contributed by atoms with van der Waals surface area (Å²) in [6, 6.07) is 6.10. The fourth-order valence-corrected chi connectivity index (χ4v) is 2.95. The third-order valence-electron chi connectivity index (χ3n) is 4.67. The number of methoxy groups -OCH3 is 2. The van der Waals surface area contributed by atoms with Crippen LogP contribution in [0.15, 0.2) is 27.6 Å². The number of hydrogen-bond acceptors (Lipinski definition) is 6. The highest BCUT2D eigenvalue weighted by Crippen LogP contribution is 2.31. The second-order valence-electron chi connectivity index (χ2n) is 6.92. The quantitative estimate of drug-likeness (QED) is 0.492. The van der Waals surface area contributed by atoms with E-state index >= 15 is 0 Å². The lowest BCUT2D eigenvalue weighted by Gasteiger charge is -2.26. The van der Waals surface area contributed by atoms with Crippen molar-refractivity contribution < 1.29 is 13.9 Å². The van der Waals surface area contributed by atoms with Crippen LogP contribution in [-0.2, 0) is 6.54 Å². The lowest BCUT2D eigenvalue weighted by molar-refractivity contribution is 0.295. The summed E-state index contributed by atoms with van der Waals surface area (Å²) in [7, 11) is 7.38. The molecule has 2 aromatic rings. The minimum Gasteiger partial charge on any atom is -0.493 e. The van der Waals surface area contributed by atoms with Crippen molar-refractivity contribution in [2.24, 2.45) is 4.99 Å². The molecule has 1 unspecified atom stereocenters. The zero-order valence-electron chi connectivity index (χ0n) is 18.5.